The number of carbonyl (C=O) groups is 1. The van der Waals surface area contributed by atoms with Gasteiger partial charge < -0.3 is 14.2 Å². The largest absolute Gasteiger partial charge is 0.486 e. The lowest BCUT2D eigenvalue weighted by atomic mass is 10.2. The molecular formula is C18H18ClNO6S. The number of esters is 1. The van der Waals surface area contributed by atoms with Crippen molar-refractivity contribution in [2.75, 3.05) is 31.2 Å². The summed E-state index contributed by atoms with van der Waals surface area (Å²) in [5.74, 6) is 0.257. The zero-order valence-electron chi connectivity index (χ0n) is 14.8. The van der Waals surface area contributed by atoms with Crippen molar-refractivity contribution in [3.63, 3.8) is 0 Å². The Bertz CT molecular complexity index is 976. The summed E-state index contributed by atoms with van der Waals surface area (Å²) >= 11 is 6.04. The third-order valence-corrected chi connectivity index (χ3v) is 6.09. The Kier molecular flexibility index (Phi) is 5.48. The molecule has 1 aliphatic heterocycles. The van der Waals surface area contributed by atoms with Crippen LogP contribution in [-0.4, -0.2) is 41.3 Å². The highest BCUT2D eigenvalue weighted by Gasteiger charge is 2.25. The Morgan fingerprint density at radius 2 is 1.85 bits per heavy atom. The van der Waals surface area contributed by atoms with Gasteiger partial charge in [-0.05, 0) is 37.3 Å². The predicted molar refractivity (Wildman–Crippen MR) is 100 cm³/mol. The minimum atomic E-state index is -3.89. The third-order valence-electron chi connectivity index (χ3n) is 3.98. The lowest BCUT2D eigenvalue weighted by molar-refractivity contribution is 0.0526. The van der Waals surface area contributed by atoms with Crippen molar-refractivity contribution in [2.45, 2.75) is 11.8 Å². The molecule has 0 aliphatic carbocycles. The summed E-state index contributed by atoms with van der Waals surface area (Å²) in [5, 5.41) is 0.183. The van der Waals surface area contributed by atoms with Crippen molar-refractivity contribution < 1.29 is 27.4 Å². The second kappa shape index (κ2) is 7.66. The maximum atomic E-state index is 13.0. The molecule has 2 aromatic rings. The normalized spacial score (nSPS) is 13.1. The summed E-state index contributed by atoms with van der Waals surface area (Å²) in [6.07, 6.45) is 0. The molecule has 0 atom stereocenters. The summed E-state index contributed by atoms with van der Waals surface area (Å²) in [5.41, 5.74) is 0.373. The van der Waals surface area contributed by atoms with Gasteiger partial charge in [0.25, 0.3) is 10.0 Å². The molecular weight excluding hydrogens is 394 g/mol. The summed E-state index contributed by atoms with van der Waals surface area (Å²) in [4.78, 5) is 12.1. The van der Waals surface area contributed by atoms with Crippen LogP contribution < -0.4 is 13.8 Å². The molecule has 0 fully saturated rings. The number of ether oxygens (including phenoxy) is 3. The van der Waals surface area contributed by atoms with E-state index in [1.54, 1.807) is 13.0 Å². The van der Waals surface area contributed by atoms with Crippen LogP contribution in [0.15, 0.2) is 41.3 Å². The average molecular weight is 412 g/mol. The van der Waals surface area contributed by atoms with Crippen molar-refractivity contribution in [3.05, 3.63) is 47.0 Å². The molecule has 7 nitrogen and oxygen atoms in total. The van der Waals surface area contributed by atoms with Gasteiger partial charge in [0.2, 0.25) is 0 Å². The molecule has 144 valence electrons. The topological polar surface area (TPSA) is 82.1 Å². The van der Waals surface area contributed by atoms with Gasteiger partial charge in [0.05, 0.1) is 27.8 Å². The number of anilines is 1. The number of rotatable bonds is 5. The number of fused-ring (bicyclic) bond motifs is 1. The summed E-state index contributed by atoms with van der Waals surface area (Å²) in [7, 11) is -2.50. The molecule has 0 bridgehead atoms. The summed E-state index contributed by atoms with van der Waals surface area (Å²) in [6.45, 7) is 2.63. The average Bonchev–Trinajstić information content (AvgIpc) is 2.67. The fourth-order valence-corrected chi connectivity index (χ4v) is 3.95. The number of benzene rings is 2. The first kappa shape index (κ1) is 19.3. The van der Waals surface area contributed by atoms with E-state index < -0.39 is 16.0 Å². The van der Waals surface area contributed by atoms with Gasteiger partial charge in [-0.1, -0.05) is 11.6 Å². The molecule has 0 N–H and O–H groups in total. The molecule has 1 aliphatic rings. The van der Waals surface area contributed by atoms with E-state index in [0.29, 0.717) is 24.7 Å². The first-order chi connectivity index (χ1) is 12.8. The van der Waals surface area contributed by atoms with E-state index in [9.17, 15) is 13.2 Å². The minimum Gasteiger partial charge on any atom is -0.486 e. The maximum absolute atomic E-state index is 13.0. The molecule has 0 saturated carbocycles. The second-order valence-corrected chi connectivity index (χ2v) is 8.04. The van der Waals surface area contributed by atoms with Crippen LogP contribution in [-0.2, 0) is 14.8 Å². The molecule has 0 radical (unpaired) electrons. The molecule has 0 saturated heterocycles. The highest BCUT2D eigenvalue weighted by molar-refractivity contribution is 7.92. The fourth-order valence-electron chi connectivity index (χ4n) is 2.56. The van der Waals surface area contributed by atoms with Gasteiger partial charge in [0.15, 0.2) is 11.5 Å². The van der Waals surface area contributed by atoms with Crippen molar-refractivity contribution in [3.8, 4) is 11.5 Å². The van der Waals surface area contributed by atoms with E-state index in [1.165, 1.54) is 37.4 Å². The number of halogens is 1. The molecule has 0 unspecified atom stereocenters. The number of carbonyl (C=O) groups excluding carboxylic acids is 1. The summed E-state index contributed by atoms with van der Waals surface area (Å²) < 4.78 is 42.9. The number of nitrogens with zero attached hydrogens (tertiary/aromatic N) is 1. The van der Waals surface area contributed by atoms with Crippen LogP contribution in [0.2, 0.25) is 5.02 Å². The van der Waals surface area contributed by atoms with Gasteiger partial charge >= 0.3 is 5.97 Å². The van der Waals surface area contributed by atoms with Crippen LogP contribution >= 0.6 is 11.6 Å². The Morgan fingerprint density at radius 1 is 1.15 bits per heavy atom. The Hall–Kier alpha value is -2.45. The van der Waals surface area contributed by atoms with Gasteiger partial charge in [-0.2, -0.15) is 0 Å². The van der Waals surface area contributed by atoms with Gasteiger partial charge in [-0.15, -0.1) is 0 Å². The molecule has 0 spiro atoms. The van der Waals surface area contributed by atoms with Crippen LogP contribution in [0.3, 0.4) is 0 Å². The highest BCUT2D eigenvalue weighted by Crippen LogP contribution is 2.34. The molecule has 9 heteroatoms. The van der Waals surface area contributed by atoms with Crippen LogP contribution in [0.4, 0.5) is 5.69 Å². The standard InChI is InChI=1S/C18H18ClNO6S/c1-3-24-18(21)14-10-12(4-6-15(14)19)20(2)27(22,23)13-5-7-16-17(11-13)26-9-8-25-16/h4-7,10-11H,3,8-9H2,1-2H3. The zero-order chi connectivity index (χ0) is 19.6. The smallest absolute Gasteiger partial charge is 0.339 e. The molecule has 3 rings (SSSR count). The van der Waals surface area contributed by atoms with Crippen LogP contribution in [0, 0.1) is 0 Å². The van der Waals surface area contributed by atoms with Crippen molar-refractivity contribution in [2.24, 2.45) is 0 Å². The van der Waals surface area contributed by atoms with E-state index in [1.807, 2.05) is 0 Å². The van der Waals surface area contributed by atoms with Crippen molar-refractivity contribution in [1.82, 2.24) is 0 Å². The van der Waals surface area contributed by atoms with Gasteiger partial charge in [0.1, 0.15) is 13.2 Å². The van der Waals surface area contributed by atoms with E-state index in [2.05, 4.69) is 0 Å². The van der Waals surface area contributed by atoms with E-state index in [0.717, 1.165) is 4.31 Å². The second-order valence-electron chi connectivity index (χ2n) is 5.66. The number of hydrogen-bond donors (Lipinski definition) is 0. The Morgan fingerprint density at radius 3 is 2.56 bits per heavy atom. The first-order valence-electron chi connectivity index (χ1n) is 8.20. The van der Waals surface area contributed by atoms with Gasteiger partial charge in [0, 0.05) is 13.1 Å². The SMILES string of the molecule is CCOC(=O)c1cc(N(C)S(=O)(=O)c2ccc3c(c2)OCCO3)ccc1Cl. The first-order valence-corrected chi connectivity index (χ1v) is 10.0. The van der Waals surface area contributed by atoms with Gasteiger partial charge in [-0.3, -0.25) is 4.31 Å². The molecule has 1 heterocycles. The van der Waals surface area contributed by atoms with Crippen molar-refractivity contribution in [1.29, 1.82) is 0 Å². The van der Waals surface area contributed by atoms with E-state index in [4.69, 9.17) is 25.8 Å². The maximum Gasteiger partial charge on any atom is 0.339 e. The van der Waals surface area contributed by atoms with Gasteiger partial charge in [-0.25, -0.2) is 13.2 Å². The number of hydrogen-bond acceptors (Lipinski definition) is 6. The van der Waals surface area contributed by atoms with Crippen LogP contribution in [0.1, 0.15) is 17.3 Å². The van der Waals surface area contributed by atoms with Crippen molar-refractivity contribution >= 4 is 33.3 Å². The summed E-state index contributed by atoms with van der Waals surface area (Å²) in [6, 6.07) is 8.78. The van der Waals surface area contributed by atoms with Crippen LogP contribution in [0.5, 0.6) is 11.5 Å². The Labute approximate surface area is 162 Å². The monoisotopic (exact) mass is 411 g/mol. The molecule has 0 amide bonds. The minimum absolute atomic E-state index is 0.0434. The third kappa shape index (κ3) is 3.81. The number of sulfonamides is 1. The van der Waals surface area contributed by atoms with E-state index >= 15 is 0 Å². The van der Waals surface area contributed by atoms with E-state index in [-0.39, 0.29) is 27.8 Å². The fraction of sp³-hybridized carbons (Fsp3) is 0.278. The lowest BCUT2D eigenvalue weighted by Gasteiger charge is -2.22. The Balaban J connectivity index is 1.96. The molecule has 27 heavy (non-hydrogen) atoms. The lowest BCUT2D eigenvalue weighted by Crippen LogP contribution is -2.27. The zero-order valence-corrected chi connectivity index (χ0v) is 16.3. The quantitative estimate of drug-likeness (QED) is 0.703. The predicted octanol–water partition coefficient (Wildman–Crippen LogP) is 3.11. The highest BCUT2D eigenvalue weighted by atomic mass is 35.5. The van der Waals surface area contributed by atoms with Crippen LogP contribution in [0.25, 0.3) is 0 Å². The molecule has 0 aromatic heterocycles. The molecule has 2 aromatic carbocycles.